The normalized spacial score (nSPS) is 12.0. The minimum atomic E-state index is -0.209. The molecule has 3 aromatic rings. The monoisotopic (exact) mass is 297 g/mol. The Kier molecular flexibility index (Phi) is 3.88. The van der Waals surface area contributed by atoms with Crippen molar-refractivity contribution < 1.29 is 9.21 Å². The summed E-state index contributed by atoms with van der Waals surface area (Å²) in [6.45, 7) is 2.05. The maximum atomic E-state index is 12.3. The van der Waals surface area contributed by atoms with Gasteiger partial charge in [-0.1, -0.05) is 35.9 Å². The van der Waals surface area contributed by atoms with E-state index in [1.54, 1.807) is 23.5 Å². The SMILES string of the molecule is Cc1ccc([C@@H](NC(=O)c2ccco2)c2cccs2)cc1. The summed E-state index contributed by atoms with van der Waals surface area (Å²) in [6.07, 6.45) is 1.50. The van der Waals surface area contributed by atoms with Crippen molar-refractivity contribution in [1.29, 1.82) is 0 Å². The topological polar surface area (TPSA) is 42.2 Å². The van der Waals surface area contributed by atoms with E-state index in [1.807, 2.05) is 36.6 Å². The van der Waals surface area contributed by atoms with Gasteiger partial charge in [-0.2, -0.15) is 0 Å². The highest BCUT2D eigenvalue weighted by molar-refractivity contribution is 7.10. The molecule has 21 heavy (non-hydrogen) atoms. The first-order valence-corrected chi connectivity index (χ1v) is 7.56. The van der Waals surface area contributed by atoms with E-state index in [2.05, 4.69) is 17.4 Å². The van der Waals surface area contributed by atoms with Crippen LogP contribution < -0.4 is 5.32 Å². The van der Waals surface area contributed by atoms with E-state index in [-0.39, 0.29) is 11.9 Å². The van der Waals surface area contributed by atoms with Crippen molar-refractivity contribution in [2.45, 2.75) is 13.0 Å². The second-order valence-electron chi connectivity index (χ2n) is 4.81. The average Bonchev–Trinajstić information content (AvgIpc) is 3.19. The number of carbonyl (C=O) groups excluding carboxylic acids is 1. The van der Waals surface area contributed by atoms with Gasteiger partial charge in [0.2, 0.25) is 0 Å². The highest BCUT2D eigenvalue weighted by Crippen LogP contribution is 2.26. The Balaban J connectivity index is 1.90. The zero-order valence-electron chi connectivity index (χ0n) is 11.6. The van der Waals surface area contributed by atoms with Gasteiger partial charge in [0, 0.05) is 4.88 Å². The van der Waals surface area contributed by atoms with Gasteiger partial charge in [-0.15, -0.1) is 11.3 Å². The first-order valence-electron chi connectivity index (χ1n) is 6.68. The van der Waals surface area contributed by atoms with E-state index in [9.17, 15) is 4.79 Å². The number of rotatable bonds is 4. The van der Waals surface area contributed by atoms with E-state index in [0.717, 1.165) is 10.4 Å². The van der Waals surface area contributed by atoms with E-state index < -0.39 is 0 Å². The van der Waals surface area contributed by atoms with Crippen LogP contribution in [0.1, 0.15) is 32.6 Å². The largest absolute Gasteiger partial charge is 0.459 e. The van der Waals surface area contributed by atoms with Crippen LogP contribution in [0, 0.1) is 6.92 Å². The predicted molar refractivity (Wildman–Crippen MR) is 83.5 cm³/mol. The standard InChI is InChI=1S/C17H15NO2S/c1-12-6-8-13(9-7-12)16(15-5-3-11-21-15)18-17(19)14-4-2-10-20-14/h2-11,16H,1H3,(H,18,19)/t16-/m1/s1. The predicted octanol–water partition coefficient (Wildman–Crippen LogP) is 4.17. The Morgan fingerprint density at radius 3 is 2.57 bits per heavy atom. The van der Waals surface area contributed by atoms with Crippen LogP contribution in [-0.2, 0) is 0 Å². The fraction of sp³-hybridized carbons (Fsp3) is 0.118. The lowest BCUT2D eigenvalue weighted by Crippen LogP contribution is -2.28. The molecule has 4 heteroatoms. The maximum Gasteiger partial charge on any atom is 0.287 e. The lowest BCUT2D eigenvalue weighted by Gasteiger charge is -2.17. The summed E-state index contributed by atoms with van der Waals surface area (Å²) in [5, 5.41) is 5.04. The van der Waals surface area contributed by atoms with Gasteiger partial charge in [-0.25, -0.2) is 0 Å². The minimum absolute atomic E-state index is 0.164. The third-order valence-corrected chi connectivity index (χ3v) is 4.20. The van der Waals surface area contributed by atoms with E-state index in [1.165, 1.54) is 11.8 Å². The van der Waals surface area contributed by atoms with Gasteiger partial charge < -0.3 is 9.73 Å². The average molecular weight is 297 g/mol. The van der Waals surface area contributed by atoms with Crippen LogP contribution in [0.15, 0.2) is 64.6 Å². The third kappa shape index (κ3) is 3.06. The van der Waals surface area contributed by atoms with Gasteiger partial charge >= 0.3 is 0 Å². The first-order chi connectivity index (χ1) is 10.2. The summed E-state index contributed by atoms with van der Waals surface area (Å²) in [7, 11) is 0. The molecule has 3 nitrogen and oxygen atoms in total. The zero-order valence-corrected chi connectivity index (χ0v) is 12.4. The summed E-state index contributed by atoms with van der Waals surface area (Å²) in [6, 6.07) is 15.4. The van der Waals surface area contributed by atoms with Crippen molar-refractivity contribution in [2.75, 3.05) is 0 Å². The molecule has 1 aromatic carbocycles. The summed E-state index contributed by atoms with van der Waals surface area (Å²) in [4.78, 5) is 13.3. The van der Waals surface area contributed by atoms with Crippen molar-refractivity contribution in [2.24, 2.45) is 0 Å². The Hall–Kier alpha value is -2.33. The fourth-order valence-electron chi connectivity index (χ4n) is 2.14. The molecule has 1 atom stereocenters. The molecule has 1 N–H and O–H groups in total. The highest BCUT2D eigenvalue weighted by Gasteiger charge is 2.19. The first kappa shape index (κ1) is 13.6. The number of aryl methyl sites for hydroxylation is 1. The van der Waals surface area contributed by atoms with Crippen molar-refractivity contribution >= 4 is 17.2 Å². The van der Waals surface area contributed by atoms with Crippen molar-refractivity contribution in [1.82, 2.24) is 5.32 Å². The Bertz CT molecular complexity index is 700. The number of amides is 1. The summed E-state index contributed by atoms with van der Waals surface area (Å²) >= 11 is 1.62. The van der Waals surface area contributed by atoms with Gasteiger partial charge in [0.05, 0.1) is 12.3 Å². The smallest absolute Gasteiger partial charge is 0.287 e. The Morgan fingerprint density at radius 2 is 1.95 bits per heavy atom. The molecule has 106 valence electrons. The van der Waals surface area contributed by atoms with Crippen molar-refractivity contribution in [3.8, 4) is 0 Å². The molecule has 0 saturated heterocycles. The second-order valence-corrected chi connectivity index (χ2v) is 5.79. The van der Waals surface area contributed by atoms with Crippen LogP contribution in [0.3, 0.4) is 0 Å². The molecule has 2 aromatic heterocycles. The number of thiophene rings is 1. The van der Waals surface area contributed by atoms with Gasteiger partial charge in [-0.05, 0) is 36.1 Å². The van der Waals surface area contributed by atoms with Crippen LogP contribution in [-0.4, -0.2) is 5.91 Å². The summed E-state index contributed by atoms with van der Waals surface area (Å²) in [5.41, 5.74) is 2.25. The molecular formula is C17H15NO2S. The fourth-order valence-corrected chi connectivity index (χ4v) is 2.95. The molecule has 0 bridgehead atoms. The van der Waals surface area contributed by atoms with Crippen LogP contribution in [0.5, 0.6) is 0 Å². The molecule has 3 rings (SSSR count). The van der Waals surface area contributed by atoms with Crippen LogP contribution >= 0.6 is 11.3 Å². The van der Waals surface area contributed by atoms with Crippen molar-refractivity contribution in [3.63, 3.8) is 0 Å². The molecule has 0 radical (unpaired) electrons. The van der Waals surface area contributed by atoms with Crippen LogP contribution in [0.2, 0.25) is 0 Å². The summed E-state index contributed by atoms with van der Waals surface area (Å²) in [5.74, 6) is 0.114. The molecule has 0 unspecified atom stereocenters. The molecule has 0 aliphatic carbocycles. The number of furan rings is 1. The molecule has 0 aliphatic heterocycles. The molecule has 1 amide bonds. The maximum absolute atomic E-state index is 12.3. The van der Waals surface area contributed by atoms with Crippen molar-refractivity contribution in [3.05, 3.63) is 81.9 Å². The van der Waals surface area contributed by atoms with Gasteiger partial charge in [0.1, 0.15) is 0 Å². The quantitative estimate of drug-likeness (QED) is 0.785. The number of hydrogen-bond donors (Lipinski definition) is 1. The Morgan fingerprint density at radius 1 is 1.14 bits per heavy atom. The lowest BCUT2D eigenvalue weighted by molar-refractivity contribution is 0.0915. The highest BCUT2D eigenvalue weighted by atomic mass is 32.1. The number of benzene rings is 1. The number of carbonyl (C=O) groups is 1. The number of nitrogens with one attached hydrogen (secondary N) is 1. The molecular weight excluding hydrogens is 282 g/mol. The lowest BCUT2D eigenvalue weighted by atomic mass is 10.0. The van der Waals surface area contributed by atoms with Gasteiger partial charge in [-0.3, -0.25) is 4.79 Å². The van der Waals surface area contributed by atoms with Gasteiger partial charge in [0.15, 0.2) is 5.76 Å². The molecule has 2 heterocycles. The van der Waals surface area contributed by atoms with E-state index in [4.69, 9.17) is 4.42 Å². The molecule has 0 aliphatic rings. The molecule has 0 saturated carbocycles. The third-order valence-electron chi connectivity index (χ3n) is 3.26. The minimum Gasteiger partial charge on any atom is -0.459 e. The molecule has 0 fully saturated rings. The van der Waals surface area contributed by atoms with Gasteiger partial charge in [0.25, 0.3) is 5.91 Å². The number of hydrogen-bond acceptors (Lipinski definition) is 3. The van der Waals surface area contributed by atoms with E-state index in [0.29, 0.717) is 5.76 Å². The molecule has 0 spiro atoms. The van der Waals surface area contributed by atoms with Crippen LogP contribution in [0.25, 0.3) is 0 Å². The van der Waals surface area contributed by atoms with Crippen LogP contribution in [0.4, 0.5) is 0 Å². The van der Waals surface area contributed by atoms with E-state index >= 15 is 0 Å². The zero-order chi connectivity index (χ0) is 14.7. The summed E-state index contributed by atoms with van der Waals surface area (Å²) < 4.78 is 5.16. The second kappa shape index (κ2) is 5.97. The Labute approximate surface area is 127 Å².